The van der Waals surface area contributed by atoms with E-state index in [4.69, 9.17) is 4.99 Å². The summed E-state index contributed by atoms with van der Waals surface area (Å²) in [6.07, 6.45) is 4.45. The zero-order chi connectivity index (χ0) is 21.5. The van der Waals surface area contributed by atoms with Crippen LogP contribution in [0.15, 0.2) is 65.1 Å². The maximum absolute atomic E-state index is 13.6. The third-order valence-corrected chi connectivity index (χ3v) is 5.72. The molecule has 0 spiro atoms. The Morgan fingerprint density at radius 3 is 2.70 bits per heavy atom. The van der Waals surface area contributed by atoms with Crippen molar-refractivity contribution in [1.29, 1.82) is 0 Å². The Labute approximate surface area is 175 Å². The number of aliphatic imine (C=N–C) groups is 1. The molecule has 0 bridgehead atoms. The van der Waals surface area contributed by atoms with E-state index in [1.807, 2.05) is 13.0 Å². The molecular weight excluding hydrogens is 381 g/mol. The Balaban J connectivity index is 1.78. The van der Waals surface area contributed by atoms with E-state index in [2.05, 4.69) is 24.1 Å². The van der Waals surface area contributed by atoms with E-state index in [-0.39, 0.29) is 17.1 Å². The Bertz CT molecular complexity index is 1070. The molecule has 30 heavy (non-hydrogen) atoms. The van der Waals surface area contributed by atoms with Crippen LogP contribution in [0.4, 0.5) is 10.1 Å². The third kappa shape index (κ3) is 3.82. The van der Waals surface area contributed by atoms with E-state index in [0.717, 1.165) is 11.3 Å². The van der Waals surface area contributed by atoms with Crippen LogP contribution in [0.3, 0.4) is 0 Å². The molecule has 1 amide bonds. The Kier molecular flexibility index (Phi) is 5.10. The van der Waals surface area contributed by atoms with Gasteiger partial charge >= 0.3 is 0 Å². The molecule has 6 heteroatoms. The van der Waals surface area contributed by atoms with Crippen molar-refractivity contribution in [3.63, 3.8) is 0 Å². The molecule has 1 aliphatic heterocycles. The fraction of sp³-hybridized carbons (Fsp3) is 0.333. The highest BCUT2D eigenvalue weighted by Crippen LogP contribution is 2.47. The number of amides is 1. The fourth-order valence-electron chi connectivity index (χ4n) is 4.49. The lowest BCUT2D eigenvalue weighted by atomic mass is 9.67. The van der Waals surface area contributed by atoms with Gasteiger partial charge in [-0.3, -0.25) is 19.6 Å². The number of rotatable bonds is 3. The van der Waals surface area contributed by atoms with Gasteiger partial charge in [-0.15, -0.1) is 0 Å². The molecular formula is C24H24FN3O2. The predicted molar refractivity (Wildman–Crippen MR) is 114 cm³/mol. The van der Waals surface area contributed by atoms with Gasteiger partial charge in [0.15, 0.2) is 5.78 Å². The second-order valence-corrected chi connectivity index (χ2v) is 8.80. The minimum Gasteiger partial charge on any atom is -0.325 e. The van der Waals surface area contributed by atoms with Crippen LogP contribution in [0, 0.1) is 17.2 Å². The van der Waals surface area contributed by atoms with Crippen molar-refractivity contribution in [2.24, 2.45) is 16.3 Å². The van der Waals surface area contributed by atoms with E-state index in [9.17, 15) is 14.0 Å². The zero-order valence-electron chi connectivity index (χ0n) is 17.3. The normalized spacial score (nSPS) is 22.9. The molecule has 1 aromatic heterocycles. The lowest BCUT2D eigenvalue weighted by Crippen LogP contribution is -2.41. The fourth-order valence-corrected chi connectivity index (χ4v) is 4.49. The summed E-state index contributed by atoms with van der Waals surface area (Å²) < 4.78 is 13.6. The number of allylic oxidation sites excluding steroid dienone is 2. The molecule has 2 aliphatic rings. The molecule has 0 saturated heterocycles. The van der Waals surface area contributed by atoms with Crippen molar-refractivity contribution >= 4 is 23.1 Å². The number of nitrogens with zero attached hydrogens (tertiary/aromatic N) is 2. The van der Waals surface area contributed by atoms with Gasteiger partial charge in [-0.1, -0.05) is 26.0 Å². The molecule has 154 valence electrons. The summed E-state index contributed by atoms with van der Waals surface area (Å²) in [7, 11) is 0. The van der Waals surface area contributed by atoms with Gasteiger partial charge in [0.1, 0.15) is 5.82 Å². The molecule has 2 atom stereocenters. The van der Waals surface area contributed by atoms with E-state index in [0.29, 0.717) is 29.8 Å². The number of carbonyl (C=O) groups is 2. The molecule has 2 heterocycles. The number of ketones is 1. The van der Waals surface area contributed by atoms with Crippen molar-refractivity contribution in [1.82, 2.24) is 4.98 Å². The largest absolute Gasteiger partial charge is 0.325 e. The first-order chi connectivity index (χ1) is 14.2. The number of aromatic nitrogens is 1. The number of hydrogen-bond acceptors (Lipinski definition) is 4. The third-order valence-electron chi connectivity index (χ3n) is 5.72. The first-order valence-corrected chi connectivity index (χ1v) is 10.0. The van der Waals surface area contributed by atoms with Gasteiger partial charge in [-0.05, 0) is 48.6 Å². The SMILES string of the molecule is CC1=NC2=C(C(=O)CC(C)(C)C2)[C@@H](c2cccnc2)C1C(=O)Nc1cccc(F)c1. The molecule has 2 aromatic rings. The molecule has 1 N–H and O–H groups in total. The summed E-state index contributed by atoms with van der Waals surface area (Å²) in [5.74, 6) is -1.88. The van der Waals surface area contributed by atoms with Gasteiger partial charge in [0.05, 0.1) is 5.92 Å². The van der Waals surface area contributed by atoms with Gasteiger partial charge in [-0.25, -0.2) is 4.39 Å². The van der Waals surface area contributed by atoms with E-state index in [1.165, 1.54) is 12.1 Å². The maximum Gasteiger partial charge on any atom is 0.234 e. The van der Waals surface area contributed by atoms with Crippen molar-refractivity contribution in [3.05, 3.63) is 71.4 Å². The first-order valence-electron chi connectivity index (χ1n) is 10.0. The molecule has 4 rings (SSSR count). The van der Waals surface area contributed by atoms with Gasteiger partial charge in [0.2, 0.25) is 5.91 Å². The molecule has 1 aromatic carbocycles. The van der Waals surface area contributed by atoms with Crippen molar-refractivity contribution in [2.45, 2.75) is 39.5 Å². The van der Waals surface area contributed by atoms with Gasteiger partial charge < -0.3 is 5.32 Å². The quantitative estimate of drug-likeness (QED) is 0.806. The summed E-state index contributed by atoms with van der Waals surface area (Å²) in [5, 5.41) is 2.80. The summed E-state index contributed by atoms with van der Waals surface area (Å²) in [6, 6.07) is 9.45. The first kappa shape index (κ1) is 20.1. The maximum atomic E-state index is 13.6. The predicted octanol–water partition coefficient (Wildman–Crippen LogP) is 4.68. The molecule has 5 nitrogen and oxygen atoms in total. The molecule has 0 saturated carbocycles. The van der Waals surface area contributed by atoms with Crippen LogP contribution in [-0.2, 0) is 9.59 Å². The topological polar surface area (TPSA) is 71.4 Å². The number of halogens is 1. The molecule has 1 unspecified atom stereocenters. The number of pyridine rings is 1. The summed E-state index contributed by atoms with van der Waals surface area (Å²) in [5.41, 5.74) is 3.00. The average molecular weight is 405 g/mol. The van der Waals surface area contributed by atoms with Crippen molar-refractivity contribution in [2.75, 3.05) is 5.32 Å². The van der Waals surface area contributed by atoms with Crippen LogP contribution < -0.4 is 5.32 Å². The summed E-state index contributed by atoms with van der Waals surface area (Å²) in [4.78, 5) is 35.4. The number of benzene rings is 1. The van der Waals surface area contributed by atoms with Gasteiger partial charge in [0.25, 0.3) is 0 Å². The van der Waals surface area contributed by atoms with Crippen molar-refractivity contribution in [3.8, 4) is 0 Å². The van der Waals surface area contributed by atoms with Crippen molar-refractivity contribution < 1.29 is 14.0 Å². The number of anilines is 1. The Hall–Kier alpha value is -3.15. The monoisotopic (exact) mass is 405 g/mol. The summed E-state index contributed by atoms with van der Waals surface area (Å²) >= 11 is 0. The lowest BCUT2D eigenvalue weighted by molar-refractivity contribution is -0.119. The van der Waals surface area contributed by atoms with Crippen LogP contribution in [0.2, 0.25) is 0 Å². The highest BCUT2D eigenvalue weighted by Gasteiger charge is 2.45. The molecule has 0 fully saturated rings. The molecule has 0 radical (unpaired) electrons. The van der Waals surface area contributed by atoms with Crippen LogP contribution >= 0.6 is 0 Å². The van der Waals surface area contributed by atoms with Gasteiger partial charge in [0, 0.05) is 47.4 Å². The second-order valence-electron chi connectivity index (χ2n) is 8.80. The van der Waals surface area contributed by atoms with Crippen LogP contribution in [0.5, 0.6) is 0 Å². The van der Waals surface area contributed by atoms with Crippen LogP contribution in [-0.4, -0.2) is 22.4 Å². The number of Topliss-reactive ketones (excluding diaryl/α,β-unsaturated/α-hetero) is 1. The summed E-state index contributed by atoms with van der Waals surface area (Å²) in [6.45, 7) is 5.93. The highest BCUT2D eigenvalue weighted by atomic mass is 19.1. The van der Waals surface area contributed by atoms with Crippen LogP contribution in [0.25, 0.3) is 0 Å². The smallest absolute Gasteiger partial charge is 0.234 e. The number of carbonyl (C=O) groups excluding carboxylic acids is 2. The van der Waals surface area contributed by atoms with Gasteiger partial charge in [-0.2, -0.15) is 0 Å². The van der Waals surface area contributed by atoms with E-state index in [1.54, 1.807) is 30.6 Å². The Morgan fingerprint density at radius 1 is 1.20 bits per heavy atom. The van der Waals surface area contributed by atoms with E-state index >= 15 is 0 Å². The minimum absolute atomic E-state index is 0.0231. The highest BCUT2D eigenvalue weighted by molar-refractivity contribution is 6.13. The zero-order valence-corrected chi connectivity index (χ0v) is 17.3. The Morgan fingerprint density at radius 2 is 2.00 bits per heavy atom. The van der Waals surface area contributed by atoms with Crippen LogP contribution in [0.1, 0.15) is 45.1 Å². The molecule has 1 aliphatic carbocycles. The van der Waals surface area contributed by atoms with E-state index < -0.39 is 17.7 Å². The minimum atomic E-state index is -0.679. The second kappa shape index (κ2) is 7.59. The standard InChI is InChI=1S/C24H24FN3O2/c1-14-20(23(30)28-17-8-4-7-16(25)10-17)21(15-6-5-9-26-13-15)22-18(27-14)11-24(2,3)12-19(22)29/h4-10,13,20-21H,11-12H2,1-3H3,(H,28,30)/t20?,21-/m0/s1. The number of nitrogens with one attached hydrogen (secondary N) is 1. The average Bonchev–Trinajstić information content (AvgIpc) is 2.66. The lowest BCUT2D eigenvalue weighted by Gasteiger charge is -2.39. The number of hydrogen-bond donors (Lipinski definition) is 1.